The Morgan fingerprint density at radius 3 is 2.78 bits per heavy atom. The van der Waals surface area contributed by atoms with Crippen LogP contribution in [0.3, 0.4) is 0 Å². The fourth-order valence-electron chi connectivity index (χ4n) is 4.30. The SMILES string of the molecule is CCN(CC)C(=O)[C@H]1Cn2ccnc2C2(CCN(Cc3ccco3)CC2)O1. The van der Waals surface area contributed by atoms with Crippen LogP contribution in [0.4, 0.5) is 0 Å². The molecule has 2 aromatic rings. The number of carbonyl (C=O) groups is 1. The molecule has 7 nitrogen and oxygen atoms in total. The van der Waals surface area contributed by atoms with Crippen LogP contribution in [0.1, 0.15) is 38.3 Å². The highest BCUT2D eigenvalue weighted by Gasteiger charge is 2.47. The molecule has 0 aliphatic carbocycles. The van der Waals surface area contributed by atoms with Crippen molar-refractivity contribution in [2.45, 2.75) is 51.5 Å². The summed E-state index contributed by atoms with van der Waals surface area (Å²) in [7, 11) is 0. The van der Waals surface area contributed by atoms with Crippen molar-refractivity contribution in [2.24, 2.45) is 0 Å². The van der Waals surface area contributed by atoms with Crippen LogP contribution in [0.25, 0.3) is 0 Å². The van der Waals surface area contributed by atoms with Gasteiger partial charge in [-0.25, -0.2) is 4.98 Å². The Hall–Kier alpha value is -2.12. The number of furan rings is 1. The van der Waals surface area contributed by atoms with Gasteiger partial charge in [-0.3, -0.25) is 9.69 Å². The number of hydrogen-bond acceptors (Lipinski definition) is 5. The maximum absolute atomic E-state index is 12.9. The smallest absolute Gasteiger partial charge is 0.253 e. The van der Waals surface area contributed by atoms with Gasteiger partial charge in [-0.2, -0.15) is 0 Å². The minimum atomic E-state index is -0.477. The number of likely N-dealkylation sites (tertiary alicyclic amines) is 1. The van der Waals surface area contributed by atoms with Crippen LogP contribution in [-0.2, 0) is 28.2 Å². The van der Waals surface area contributed by atoms with E-state index in [9.17, 15) is 4.79 Å². The van der Waals surface area contributed by atoms with Gasteiger partial charge in [-0.05, 0) is 38.8 Å². The van der Waals surface area contributed by atoms with Gasteiger partial charge in [0.1, 0.15) is 17.2 Å². The summed E-state index contributed by atoms with van der Waals surface area (Å²) in [6, 6.07) is 3.93. The van der Waals surface area contributed by atoms with Crippen molar-refractivity contribution in [3.05, 3.63) is 42.4 Å². The highest BCUT2D eigenvalue weighted by Crippen LogP contribution is 2.40. The summed E-state index contributed by atoms with van der Waals surface area (Å²) in [5.74, 6) is 2.02. The molecule has 0 unspecified atom stereocenters. The van der Waals surface area contributed by atoms with Gasteiger partial charge in [-0.1, -0.05) is 0 Å². The minimum Gasteiger partial charge on any atom is -0.468 e. The van der Waals surface area contributed by atoms with Crippen LogP contribution >= 0.6 is 0 Å². The second-order valence-corrected chi connectivity index (χ2v) is 7.37. The molecule has 1 atom stereocenters. The number of piperidine rings is 1. The zero-order valence-electron chi connectivity index (χ0n) is 16.1. The molecule has 1 spiro atoms. The molecule has 146 valence electrons. The lowest BCUT2D eigenvalue weighted by Crippen LogP contribution is -2.54. The third kappa shape index (κ3) is 3.41. The van der Waals surface area contributed by atoms with Crippen molar-refractivity contribution in [3.8, 4) is 0 Å². The molecule has 2 aromatic heterocycles. The summed E-state index contributed by atoms with van der Waals surface area (Å²) in [5, 5.41) is 0. The van der Waals surface area contributed by atoms with Gasteiger partial charge in [0.25, 0.3) is 5.91 Å². The van der Waals surface area contributed by atoms with Crippen molar-refractivity contribution in [1.82, 2.24) is 19.4 Å². The molecule has 1 amide bonds. The molecule has 1 fully saturated rings. The quantitative estimate of drug-likeness (QED) is 0.805. The Morgan fingerprint density at radius 2 is 2.11 bits per heavy atom. The zero-order chi connectivity index (χ0) is 18.9. The Morgan fingerprint density at radius 1 is 1.33 bits per heavy atom. The van der Waals surface area contributed by atoms with Crippen molar-refractivity contribution in [1.29, 1.82) is 0 Å². The molecule has 4 rings (SSSR count). The van der Waals surface area contributed by atoms with Gasteiger partial charge >= 0.3 is 0 Å². The number of hydrogen-bond donors (Lipinski definition) is 0. The van der Waals surface area contributed by atoms with Crippen LogP contribution < -0.4 is 0 Å². The molecule has 0 aromatic carbocycles. The van der Waals surface area contributed by atoms with Gasteiger partial charge in [0.05, 0.1) is 19.4 Å². The number of fused-ring (bicyclic) bond motifs is 2. The van der Waals surface area contributed by atoms with Crippen LogP contribution in [0.5, 0.6) is 0 Å². The second kappa shape index (κ2) is 7.48. The third-order valence-electron chi connectivity index (χ3n) is 5.83. The van der Waals surface area contributed by atoms with E-state index in [0.717, 1.165) is 44.1 Å². The number of ether oxygens (including phenoxy) is 1. The predicted octanol–water partition coefficient (Wildman–Crippen LogP) is 2.23. The summed E-state index contributed by atoms with van der Waals surface area (Å²) in [4.78, 5) is 21.8. The predicted molar refractivity (Wildman–Crippen MR) is 99.9 cm³/mol. The highest BCUT2D eigenvalue weighted by atomic mass is 16.5. The first-order valence-corrected chi connectivity index (χ1v) is 9.88. The van der Waals surface area contributed by atoms with Crippen LogP contribution in [0, 0.1) is 0 Å². The molecule has 0 radical (unpaired) electrons. The highest BCUT2D eigenvalue weighted by molar-refractivity contribution is 5.81. The summed E-state index contributed by atoms with van der Waals surface area (Å²) in [6.45, 7) is 8.55. The topological polar surface area (TPSA) is 63.7 Å². The Labute approximate surface area is 159 Å². The zero-order valence-corrected chi connectivity index (χ0v) is 16.1. The van der Waals surface area contributed by atoms with E-state index in [1.165, 1.54) is 0 Å². The van der Waals surface area contributed by atoms with E-state index in [1.54, 1.807) is 6.26 Å². The molecule has 0 N–H and O–H groups in total. The molecular formula is C20H28N4O3. The molecule has 0 bridgehead atoms. The molecule has 2 aliphatic heterocycles. The van der Waals surface area contributed by atoms with Gasteiger partial charge < -0.3 is 18.6 Å². The van der Waals surface area contributed by atoms with Crippen molar-refractivity contribution >= 4 is 5.91 Å². The molecule has 2 aliphatic rings. The first-order chi connectivity index (χ1) is 13.1. The number of aromatic nitrogens is 2. The van der Waals surface area contributed by atoms with Crippen LogP contribution in [0.15, 0.2) is 35.2 Å². The van der Waals surface area contributed by atoms with E-state index in [-0.39, 0.29) is 5.91 Å². The fourth-order valence-corrected chi connectivity index (χ4v) is 4.30. The Bertz CT molecular complexity index is 758. The van der Waals surface area contributed by atoms with Gasteiger partial charge in [-0.15, -0.1) is 0 Å². The summed E-state index contributed by atoms with van der Waals surface area (Å²) in [5.41, 5.74) is -0.477. The largest absolute Gasteiger partial charge is 0.468 e. The van der Waals surface area contributed by atoms with Crippen molar-refractivity contribution < 1.29 is 13.9 Å². The Kier molecular flexibility index (Phi) is 5.06. The maximum Gasteiger partial charge on any atom is 0.253 e. The first-order valence-electron chi connectivity index (χ1n) is 9.88. The number of rotatable bonds is 5. The van der Waals surface area contributed by atoms with Crippen LogP contribution in [0.2, 0.25) is 0 Å². The number of imidazole rings is 1. The average molecular weight is 372 g/mol. The molecule has 0 saturated carbocycles. The normalized spacial score (nSPS) is 21.9. The van der Waals surface area contributed by atoms with Gasteiger partial charge in [0.15, 0.2) is 6.10 Å². The monoisotopic (exact) mass is 372 g/mol. The lowest BCUT2D eigenvalue weighted by Gasteiger charge is -2.46. The summed E-state index contributed by atoms with van der Waals surface area (Å²) >= 11 is 0. The van der Waals surface area contributed by atoms with E-state index >= 15 is 0 Å². The van der Waals surface area contributed by atoms with Crippen molar-refractivity contribution in [3.63, 3.8) is 0 Å². The van der Waals surface area contributed by atoms with Crippen LogP contribution in [-0.4, -0.2) is 57.5 Å². The number of likely N-dealkylation sites (N-methyl/N-ethyl adjacent to an activating group) is 1. The first kappa shape index (κ1) is 18.3. The number of nitrogens with zero attached hydrogens (tertiary/aromatic N) is 4. The lowest BCUT2D eigenvalue weighted by atomic mass is 9.88. The standard InChI is InChI=1S/C20H28N4O3/c1-3-23(4-2)18(25)17-15-24-12-9-21-19(24)20(27-17)7-10-22(11-8-20)14-16-6-5-13-26-16/h5-6,9,12-13,17H,3-4,7-8,10-11,14-15H2,1-2H3/t17-/m1/s1. The molecule has 1 saturated heterocycles. The van der Waals surface area contributed by atoms with E-state index in [2.05, 4.69) is 14.5 Å². The van der Waals surface area contributed by atoms with Gasteiger partial charge in [0, 0.05) is 38.6 Å². The lowest BCUT2D eigenvalue weighted by molar-refractivity contribution is -0.181. The Balaban J connectivity index is 1.51. The number of amides is 1. The molecule has 7 heteroatoms. The fraction of sp³-hybridized carbons (Fsp3) is 0.600. The van der Waals surface area contributed by atoms with E-state index < -0.39 is 11.7 Å². The van der Waals surface area contributed by atoms with Crippen molar-refractivity contribution in [2.75, 3.05) is 26.2 Å². The maximum atomic E-state index is 12.9. The summed E-state index contributed by atoms with van der Waals surface area (Å²) < 4.78 is 14.1. The summed E-state index contributed by atoms with van der Waals surface area (Å²) in [6.07, 6.45) is 6.71. The molecule has 4 heterocycles. The third-order valence-corrected chi connectivity index (χ3v) is 5.83. The minimum absolute atomic E-state index is 0.0803. The molecular weight excluding hydrogens is 344 g/mol. The second-order valence-electron chi connectivity index (χ2n) is 7.37. The van der Waals surface area contributed by atoms with E-state index in [0.29, 0.717) is 19.6 Å². The number of carbonyl (C=O) groups excluding carboxylic acids is 1. The van der Waals surface area contributed by atoms with Gasteiger partial charge in [0.2, 0.25) is 0 Å². The average Bonchev–Trinajstić information content (AvgIpc) is 3.36. The molecule has 27 heavy (non-hydrogen) atoms. The van der Waals surface area contributed by atoms with E-state index in [4.69, 9.17) is 9.15 Å². The van der Waals surface area contributed by atoms with E-state index in [1.807, 2.05) is 43.3 Å².